The normalized spacial score (nSPS) is 12.4. The molecule has 24 heavy (non-hydrogen) atoms. The van der Waals surface area contributed by atoms with Gasteiger partial charge in [-0.2, -0.15) is 4.80 Å². The standard InChI is InChI=1S/C14H12N6O4/c1-8-4-12(18-24-8)15-13(21)6-20-17-14(16-19-20)9-2-3-10-11(5-9)23-7-22-10/h2-5H,6-7H2,1H3,(H,15,18,21). The quantitative estimate of drug-likeness (QED) is 0.754. The summed E-state index contributed by atoms with van der Waals surface area (Å²) in [6, 6.07) is 6.96. The van der Waals surface area contributed by atoms with E-state index < -0.39 is 0 Å². The van der Waals surface area contributed by atoms with Gasteiger partial charge < -0.3 is 19.3 Å². The minimum absolute atomic E-state index is 0.0938. The Hall–Kier alpha value is -3.43. The molecule has 0 atom stereocenters. The first kappa shape index (κ1) is 14.2. The van der Waals surface area contributed by atoms with E-state index in [4.69, 9.17) is 14.0 Å². The number of ether oxygens (including phenoxy) is 2. The highest BCUT2D eigenvalue weighted by Crippen LogP contribution is 2.34. The van der Waals surface area contributed by atoms with E-state index in [1.54, 1.807) is 31.2 Å². The number of tetrazole rings is 1. The Morgan fingerprint density at radius 2 is 2.17 bits per heavy atom. The fourth-order valence-electron chi connectivity index (χ4n) is 2.20. The molecule has 0 saturated carbocycles. The van der Waals surface area contributed by atoms with Crippen LogP contribution in [0.3, 0.4) is 0 Å². The first-order chi connectivity index (χ1) is 11.7. The van der Waals surface area contributed by atoms with Gasteiger partial charge in [0.05, 0.1) is 0 Å². The summed E-state index contributed by atoms with van der Waals surface area (Å²) < 4.78 is 15.4. The van der Waals surface area contributed by atoms with E-state index in [1.165, 1.54) is 4.80 Å². The number of amides is 1. The molecule has 0 saturated heterocycles. The van der Waals surface area contributed by atoms with Crippen molar-refractivity contribution in [1.82, 2.24) is 25.4 Å². The molecule has 10 nitrogen and oxygen atoms in total. The second-order valence-electron chi connectivity index (χ2n) is 5.08. The van der Waals surface area contributed by atoms with E-state index in [2.05, 4.69) is 25.9 Å². The number of fused-ring (bicyclic) bond motifs is 1. The van der Waals surface area contributed by atoms with Crippen molar-refractivity contribution in [1.29, 1.82) is 0 Å². The monoisotopic (exact) mass is 328 g/mol. The zero-order valence-corrected chi connectivity index (χ0v) is 12.6. The summed E-state index contributed by atoms with van der Waals surface area (Å²) in [5.74, 6) is 2.30. The van der Waals surface area contributed by atoms with Gasteiger partial charge in [0.1, 0.15) is 12.3 Å². The third-order valence-corrected chi connectivity index (χ3v) is 3.26. The first-order valence-electron chi connectivity index (χ1n) is 7.08. The van der Waals surface area contributed by atoms with Crippen LogP contribution in [-0.4, -0.2) is 38.1 Å². The molecule has 122 valence electrons. The minimum Gasteiger partial charge on any atom is -0.454 e. The number of rotatable bonds is 4. The van der Waals surface area contributed by atoms with Crippen molar-refractivity contribution in [2.75, 3.05) is 12.1 Å². The van der Waals surface area contributed by atoms with Gasteiger partial charge in [-0.1, -0.05) is 5.16 Å². The zero-order chi connectivity index (χ0) is 16.5. The number of aryl methyl sites for hydroxylation is 1. The molecule has 0 aliphatic carbocycles. The van der Waals surface area contributed by atoms with Crippen molar-refractivity contribution in [2.24, 2.45) is 0 Å². The lowest BCUT2D eigenvalue weighted by Crippen LogP contribution is -2.20. The molecule has 1 aromatic carbocycles. The topological polar surface area (TPSA) is 117 Å². The fraction of sp³-hybridized carbons (Fsp3) is 0.214. The Morgan fingerprint density at radius 1 is 1.29 bits per heavy atom. The predicted molar refractivity (Wildman–Crippen MR) is 79.2 cm³/mol. The number of nitrogens with one attached hydrogen (secondary N) is 1. The Bertz CT molecular complexity index is 902. The zero-order valence-electron chi connectivity index (χ0n) is 12.6. The maximum atomic E-state index is 11.9. The van der Waals surface area contributed by atoms with Gasteiger partial charge in [-0.05, 0) is 30.3 Å². The van der Waals surface area contributed by atoms with Gasteiger partial charge in [-0.3, -0.25) is 4.79 Å². The first-order valence-corrected chi connectivity index (χ1v) is 7.08. The van der Waals surface area contributed by atoms with Crippen LogP contribution >= 0.6 is 0 Å². The molecular weight excluding hydrogens is 316 g/mol. The summed E-state index contributed by atoms with van der Waals surface area (Å²) in [6.07, 6.45) is 0. The largest absolute Gasteiger partial charge is 0.454 e. The molecule has 3 aromatic rings. The Labute approximate surface area is 135 Å². The van der Waals surface area contributed by atoms with Crippen LogP contribution in [0.5, 0.6) is 11.5 Å². The van der Waals surface area contributed by atoms with Gasteiger partial charge in [-0.15, -0.1) is 10.2 Å². The van der Waals surface area contributed by atoms with Gasteiger partial charge in [0.2, 0.25) is 18.5 Å². The summed E-state index contributed by atoms with van der Waals surface area (Å²) in [5, 5.41) is 18.3. The number of carbonyl (C=O) groups excluding carboxylic acids is 1. The molecule has 10 heteroatoms. The van der Waals surface area contributed by atoms with Gasteiger partial charge in [0, 0.05) is 11.6 Å². The van der Waals surface area contributed by atoms with Gasteiger partial charge in [0.25, 0.3) is 0 Å². The molecule has 4 rings (SSSR count). The number of carbonyl (C=O) groups is 1. The lowest BCUT2D eigenvalue weighted by atomic mass is 10.2. The lowest BCUT2D eigenvalue weighted by molar-refractivity contribution is -0.117. The molecule has 0 bridgehead atoms. The maximum absolute atomic E-state index is 11.9. The highest BCUT2D eigenvalue weighted by Gasteiger charge is 2.16. The summed E-state index contributed by atoms with van der Waals surface area (Å²) in [6.45, 7) is 1.84. The molecule has 0 radical (unpaired) electrons. The number of anilines is 1. The van der Waals surface area contributed by atoms with Crippen LogP contribution in [0.2, 0.25) is 0 Å². The van der Waals surface area contributed by atoms with Crippen molar-refractivity contribution in [3.05, 3.63) is 30.0 Å². The third-order valence-electron chi connectivity index (χ3n) is 3.26. The van der Waals surface area contributed by atoms with Gasteiger partial charge in [0.15, 0.2) is 17.3 Å². The molecule has 2 aromatic heterocycles. The minimum atomic E-state index is -0.335. The third kappa shape index (κ3) is 2.76. The Balaban J connectivity index is 1.45. The van der Waals surface area contributed by atoms with Crippen molar-refractivity contribution in [3.63, 3.8) is 0 Å². The van der Waals surface area contributed by atoms with E-state index in [9.17, 15) is 4.79 Å². The average molecular weight is 328 g/mol. The van der Waals surface area contributed by atoms with Crippen molar-refractivity contribution in [3.8, 4) is 22.9 Å². The van der Waals surface area contributed by atoms with E-state index in [1.807, 2.05) is 0 Å². The fourth-order valence-corrected chi connectivity index (χ4v) is 2.20. The molecule has 0 fully saturated rings. The molecule has 1 aliphatic rings. The van der Waals surface area contributed by atoms with Crippen LogP contribution in [0, 0.1) is 6.92 Å². The number of hydrogen-bond donors (Lipinski definition) is 1. The Kier molecular flexibility index (Phi) is 3.34. The second kappa shape index (κ2) is 5.65. The second-order valence-corrected chi connectivity index (χ2v) is 5.08. The lowest BCUT2D eigenvalue weighted by Gasteiger charge is -1.99. The summed E-state index contributed by atoms with van der Waals surface area (Å²) in [4.78, 5) is 13.1. The van der Waals surface area contributed by atoms with Crippen LogP contribution < -0.4 is 14.8 Å². The molecule has 1 amide bonds. The highest BCUT2D eigenvalue weighted by atomic mass is 16.7. The van der Waals surface area contributed by atoms with Gasteiger partial charge in [-0.25, -0.2) is 0 Å². The van der Waals surface area contributed by atoms with Crippen molar-refractivity contribution < 1.29 is 18.8 Å². The van der Waals surface area contributed by atoms with E-state index in [-0.39, 0.29) is 19.2 Å². The summed E-state index contributed by atoms with van der Waals surface area (Å²) >= 11 is 0. The van der Waals surface area contributed by atoms with E-state index in [0.717, 1.165) is 5.56 Å². The summed E-state index contributed by atoms with van der Waals surface area (Å²) in [7, 11) is 0. The number of aromatic nitrogens is 5. The van der Waals surface area contributed by atoms with Crippen LogP contribution in [0.25, 0.3) is 11.4 Å². The summed E-state index contributed by atoms with van der Waals surface area (Å²) in [5.41, 5.74) is 0.720. The number of benzene rings is 1. The van der Waals surface area contributed by atoms with Crippen LogP contribution in [0.4, 0.5) is 5.82 Å². The smallest absolute Gasteiger partial charge is 0.249 e. The molecule has 0 spiro atoms. The van der Waals surface area contributed by atoms with Crippen molar-refractivity contribution >= 4 is 11.7 Å². The number of nitrogens with zero attached hydrogens (tertiary/aromatic N) is 5. The SMILES string of the molecule is Cc1cc(NC(=O)Cn2nnc(-c3ccc4c(c3)OCO4)n2)no1. The Morgan fingerprint density at radius 3 is 3.00 bits per heavy atom. The molecule has 1 aliphatic heterocycles. The average Bonchev–Trinajstić information content (AvgIpc) is 3.27. The van der Waals surface area contributed by atoms with E-state index in [0.29, 0.717) is 28.9 Å². The molecule has 1 N–H and O–H groups in total. The van der Waals surface area contributed by atoms with Crippen LogP contribution in [0.1, 0.15) is 5.76 Å². The number of hydrogen-bond acceptors (Lipinski definition) is 8. The van der Waals surface area contributed by atoms with E-state index >= 15 is 0 Å². The maximum Gasteiger partial charge on any atom is 0.249 e. The molecule has 0 unspecified atom stereocenters. The van der Waals surface area contributed by atoms with Crippen molar-refractivity contribution in [2.45, 2.75) is 13.5 Å². The predicted octanol–water partition coefficient (Wildman–Crippen LogP) is 1.00. The molecule has 3 heterocycles. The van der Waals surface area contributed by atoms with Crippen LogP contribution in [0.15, 0.2) is 28.8 Å². The molecular formula is C14H12N6O4. The van der Waals surface area contributed by atoms with Crippen LogP contribution in [-0.2, 0) is 11.3 Å². The highest BCUT2D eigenvalue weighted by molar-refractivity contribution is 5.89. The van der Waals surface area contributed by atoms with Gasteiger partial charge >= 0.3 is 0 Å².